The molecule has 0 amide bonds. The molecule has 4 atom stereocenters. The number of halogens is 1. The van der Waals surface area contributed by atoms with Crippen molar-refractivity contribution in [2.45, 2.75) is 30.6 Å². The molecule has 1 aliphatic heterocycles. The first-order valence-corrected chi connectivity index (χ1v) is 4.03. The number of hydrogen-bond donors (Lipinski definition) is 2. The van der Waals surface area contributed by atoms with Crippen LogP contribution in [0.2, 0.25) is 5.31 Å². The zero-order chi connectivity index (χ0) is 9.35. The van der Waals surface area contributed by atoms with Gasteiger partial charge in [-0.3, -0.25) is 0 Å². The minimum atomic E-state index is -1.33. The van der Waals surface area contributed by atoms with Crippen LogP contribution in [0.25, 0.3) is 0 Å². The number of aliphatic hydroxyl groups is 2. The van der Waals surface area contributed by atoms with Gasteiger partial charge in [-0.15, -0.1) is 0 Å². The molecule has 0 aromatic rings. The van der Waals surface area contributed by atoms with Crippen LogP contribution in [0.4, 0.5) is 4.39 Å². The maximum atomic E-state index is 13.4. The molecule has 0 aromatic carbocycles. The van der Waals surface area contributed by atoms with Crippen molar-refractivity contribution in [1.29, 1.82) is 0 Å². The van der Waals surface area contributed by atoms with E-state index in [2.05, 4.69) is 0 Å². The minimum Gasteiger partial charge on any atom is -0.394 e. The molecule has 12 heavy (non-hydrogen) atoms. The van der Waals surface area contributed by atoms with Crippen molar-refractivity contribution in [3.05, 3.63) is 0 Å². The standard InChI is InChI=1S/C7H14BFO3/c1-7(8)3-12-4(2-10)5(11)6(7)9/h4-6,10-11H,2-3,8H2,1H3/t4-,5?,6-,7-/m1/s1. The molecular weight excluding hydrogens is 162 g/mol. The van der Waals surface area contributed by atoms with Crippen LogP contribution >= 0.6 is 0 Å². The summed E-state index contributed by atoms with van der Waals surface area (Å²) in [6, 6.07) is 0. The summed E-state index contributed by atoms with van der Waals surface area (Å²) in [5, 5.41) is 17.3. The number of alkyl halides is 1. The molecule has 1 heterocycles. The maximum absolute atomic E-state index is 13.4. The lowest BCUT2D eigenvalue weighted by molar-refractivity contribution is -0.144. The van der Waals surface area contributed by atoms with Gasteiger partial charge in [0, 0.05) is 6.61 Å². The van der Waals surface area contributed by atoms with Crippen LogP contribution in [-0.2, 0) is 4.74 Å². The molecular formula is C7H14BFO3. The molecule has 0 spiro atoms. The van der Waals surface area contributed by atoms with Gasteiger partial charge in [0.05, 0.1) is 6.61 Å². The second kappa shape index (κ2) is 3.32. The molecule has 5 heteroatoms. The largest absolute Gasteiger partial charge is 0.394 e. The van der Waals surface area contributed by atoms with E-state index < -0.39 is 23.7 Å². The Bertz CT molecular complexity index is 165. The molecule has 1 fully saturated rings. The van der Waals surface area contributed by atoms with Gasteiger partial charge < -0.3 is 14.9 Å². The molecule has 0 saturated carbocycles. The van der Waals surface area contributed by atoms with Crippen molar-refractivity contribution in [2.24, 2.45) is 0 Å². The third kappa shape index (κ3) is 1.63. The van der Waals surface area contributed by atoms with E-state index >= 15 is 0 Å². The Hall–Kier alpha value is -0.125. The predicted octanol–water partition coefficient (Wildman–Crippen LogP) is -1.11. The minimum absolute atomic E-state index is 0.233. The molecule has 0 aromatic heterocycles. The van der Waals surface area contributed by atoms with E-state index in [0.29, 0.717) is 0 Å². The summed E-state index contributed by atoms with van der Waals surface area (Å²) in [6.07, 6.45) is -3.31. The molecule has 70 valence electrons. The number of rotatable bonds is 1. The number of ether oxygens (including phenoxy) is 1. The topological polar surface area (TPSA) is 49.7 Å². The van der Waals surface area contributed by atoms with E-state index in [1.54, 1.807) is 14.8 Å². The van der Waals surface area contributed by atoms with Gasteiger partial charge in [-0.05, 0) is 5.31 Å². The highest BCUT2D eigenvalue weighted by Crippen LogP contribution is 2.36. The van der Waals surface area contributed by atoms with Crippen molar-refractivity contribution < 1.29 is 19.3 Å². The van der Waals surface area contributed by atoms with E-state index in [1.807, 2.05) is 0 Å². The molecule has 2 N–H and O–H groups in total. The first kappa shape index (κ1) is 9.96. The third-order valence-electron chi connectivity index (χ3n) is 2.28. The molecule has 3 nitrogen and oxygen atoms in total. The molecule has 1 rings (SSSR count). The highest BCUT2D eigenvalue weighted by Gasteiger charge is 2.44. The fourth-order valence-corrected chi connectivity index (χ4v) is 1.31. The monoisotopic (exact) mass is 176 g/mol. The molecule has 0 aliphatic carbocycles. The quantitative estimate of drug-likeness (QED) is 0.498. The third-order valence-corrected chi connectivity index (χ3v) is 2.28. The second-order valence-electron chi connectivity index (χ2n) is 3.91. The lowest BCUT2D eigenvalue weighted by atomic mass is 9.64. The zero-order valence-electron chi connectivity index (χ0n) is 7.33. The van der Waals surface area contributed by atoms with Crippen LogP contribution in [0.3, 0.4) is 0 Å². The van der Waals surface area contributed by atoms with Crippen LogP contribution in [0, 0.1) is 0 Å². The summed E-state index contributed by atoms with van der Waals surface area (Å²) >= 11 is 0. The van der Waals surface area contributed by atoms with Crippen molar-refractivity contribution >= 4 is 7.85 Å². The van der Waals surface area contributed by atoms with Gasteiger partial charge in [0.2, 0.25) is 0 Å². The van der Waals surface area contributed by atoms with E-state index in [0.717, 1.165) is 0 Å². The average Bonchev–Trinajstić information content (AvgIpc) is 2.01. The molecule has 1 aliphatic rings. The Labute approximate surface area is 71.9 Å². The van der Waals surface area contributed by atoms with Gasteiger partial charge >= 0.3 is 0 Å². The van der Waals surface area contributed by atoms with Gasteiger partial charge in [0.15, 0.2) is 0 Å². The summed E-state index contributed by atoms with van der Waals surface area (Å²) < 4.78 is 18.4. The van der Waals surface area contributed by atoms with E-state index in [1.165, 1.54) is 0 Å². The van der Waals surface area contributed by atoms with Gasteiger partial charge in [0.25, 0.3) is 0 Å². The van der Waals surface area contributed by atoms with Crippen LogP contribution in [0.5, 0.6) is 0 Å². The Morgan fingerprint density at radius 2 is 2.33 bits per heavy atom. The lowest BCUT2D eigenvalue weighted by Gasteiger charge is -2.40. The molecule has 0 bridgehead atoms. The summed E-state index contributed by atoms with van der Waals surface area (Å²) in [6.45, 7) is 1.59. The summed E-state index contributed by atoms with van der Waals surface area (Å²) in [5.41, 5.74) is 0. The first-order chi connectivity index (χ1) is 5.49. The predicted molar refractivity (Wildman–Crippen MR) is 44.6 cm³/mol. The molecule has 1 unspecified atom stereocenters. The summed E-state index contributed by atoms with van der Waals surface area (Å²) in [5.74, 6) is 0. The van der Waals surface area contributed by atoms with Crippen molar-refractivity contribution in [1.82, 2.24) is 0 Å². The molecule has 1 saturated heterocycles. The van der Waals surface area contributed by atoms with Crippen LogP contribution in [0.15, 0.2) is 0 Å². The van der Waals surface area contributed by atoms with E-state index in [-0.39, 0.29) is 13.2 Å². The molecule has 0 radical (unpaired) electrons. The van der Waals surface area contributed by atoms with E-state index in [4.69, 9.17) is 9.84 Å². The number of hydrogen-bond acceptors (Lipinski definition) is 3. The van der Waals surface area contributed by atoms with Crippen molar-refractivity contribution in [3.63, 3.8) is 0 Å². The normalized spacial score (nSPS) is 49.2. The lowest BCUT2D eigenvalue weighted by Crippen LogP contribution is -2.51. The highest BCUT2D eigenvalue weighted by atomic mass is 19.1. The van der Waals surface area contributed by atoms with Gasteiger partial charge in [-0.1, -0.05) is 6.92 Å². The Morgan fingerprint density at radius 1 is 1.75 bits per heavy atom. The Balaban J connectivity index is 2.65. The fourth-order valence-electron chi connectivity index (χ4n) is 1.31. The van der Waals surface area contributed by atoms with Crippen LogP contribution < -0.4 is 0 Å². The van der Waals surface area contributed by atoms with Crippen molar-refractivity contribution in [2.75, 3.05) is 13.2 Å². The van der Waals surface area contributed by atoms with Gasteiger partial charge in [-0.25, -0.2) is 4.39 Å². The summed E-state index contributed by atoms with van der Waals surface area (Å²) in [4.78, 5) is 0. The Kier molecular flexibility index (Phi) is 2.75. The maximum Gasteiger partial charge on any atom is 0.129 e. The van der Waals surface area contributed by atoms with E-state index in [9.17, 15) is 9.50 Å². The van der Waals surface area contributed by atoms with Gasteiger partial charge in [0.1, 0.15) is 26.2 Å². The highest BCUT2D eigenvalue weighted by molar-refractivity contribution is 6.15. The fraction of sp³-hybridized carbons (Fsp3) is 1.00. The number of aliphatic hydroxyl groups excluding tert-OH is 2. The summed E-state index contributed by atoms with van der Waals surface area (Å²) in [7, 11) is 1.69. The van der Waals surface area contributed by atoms with Crippen molar-refractivity contribution in [3.8, 4) is 0 Å². The van der Waals surface area contributed by atoms with Crippen LogP contribution in [-0.4, -0.2) is 49.7 Å². The SMILES string of the molecule is B[C@]1(C)CO[C@H](CO)C(O)[C@H]1F. The first-order valence-electron chi connectivity index (χ1n) is 4.03. The average molecular weight is 176 g/mol. The zero-order valence-corrected chi connectivity index (χ0v) is 7.33. The smallest absolute Gasteiger partial charge is 0.129 e. The Morgan fingerprint density at radius 3 is 2.83 bits per heavy atom. The second-order valence-corrected chi connectivity index (χ2v) is 3.91. The van der Waals surface area contributed by atoms with Crippen LogP contribution in [0.1, 0.15) is 6.92 Å². The van der Waals surface area contributed by atoms with Gasteiger partial charge in [-0.2, -0.15) is 0 Å².